The van der Waals surface area contributed by atoms with Crippen LogP contribution < -0.4 is 0 Å². The van der Waals surface area contributed by atoms with E-state index in [2.05, 4.69) is 33.0 Å². The van der Waals surface area contributed by atoms with Crippen molar-refractivity contribution >= 4 is 49.9 Å². The number of hydrogen-bond donors (Lipinski definition) is 1. The van der Waals surface area contributed by atoms with Gasteiger partial charge < -0.3 is 4.57 Å². The molecule has 1 aromatic carbocycles. The number of benzene rings is 1. The van der Waals surface area contributed by atoms with Crippen LogP contribution >= 0.6 is 11.9 Å². The minimum absolute atomic E-state index is 0.0200. The molecule has 2 aliphatic rings. The van der Waals surface area contributed by atoms with Gasteiger partial charge in [-0.15, -0.1) is 0 Å². The second-order valence-corrected chi connectivity index (χ2v) is 9.96. The highest BCUT2D eigenvalue weighted by molar-refractivity contribution is 8.16. The van der Waals surface area contributed by atoms with Crippen molar-refractivity contribution in [2.24, 2.45) is 9.39 Å². The van der Waals surface area contributed by atoms with Gasteiger partial charge in [0.25, 0.3) is 5.91 Å². The Hall–Kier alpha value is -2.98. The molecule has 31 heavy (non-hydrogen) atoms. The number of aromatic nitrogens is 1. The predicted octanol–water partition coefficient (Wildman–Crippen LogP) is 3.28. The summed E-state index contributed by atoms with van der Waals surface area (Å²) in [5.41, 5.74) is 4.94. The third kappa shape index (κ3) is 3.55. The van der Waals surface area contributed by atoms with Crippen molar-refractivity contribution in [1.29, 1.82) is 5.41 Å². The number of aryl methyl sites for hydroxylation is 2. The van der Waals surface area contributed by atoms with Gasteiger partial charge in [-0.25, -0.2) is 13.3 Å². The normalized spacial score (nSPS) is 17.8. The smallest absolute Gasteiger partial charge is 0.283 e. The Morgan fingerprint density at radius 1 is 1.23 bits per heavy atom. The van der Waals surface area contributed by atoms with Gasteiger partial charge in [-0.05, 0) is 49.6 Å². The Kier molecular flexibility index (Phi) is 5.22. The molecule has 0 saturated carbocycles. The summed E-state index contributed by atoms with van der Waals surface area (Å²) >= 11 is 0.780. The molecule has 2 aliphatic heterocycles. The van der Waals surface area contributed by atoms with Crippen LogP contribution in [0.2, 0.25) is 0 Å². The van der Waals surface area contributed by atoms with Crippen molar-refractivity contribution in [2.45, 2.75) is 27.2 Å². The lowest BCUT2D eigenvalue weighted by Crippen LogP contribution is -2.45. The van der Waals surface area contributed by atoms with Gasteiger partial charge in [0.15, 0.2) is 0 Å². The average Bonchev–Trinajstić information content (AvgIpc) is 3.26. The van der Waals surface area contributed by atoms with Crippen LogP contribution in [-0.2, 0) is 21.1 Å². The molecule has 1 aromatic heterocycles. The largest absolute Gasteiger partial charge is 0.318 e. The van der Waals surface area contributed by atoms with Gasteiger partial charge >= 0.3 is 0 Å². The van der Waals surface area contributed by atoms with Gasteiger partial charge in [-0.1, -0.05) is 25.1 Å². The quantitative estimate of drug-likeness (QED) is 0.564. The number of para-hydroxylation sites is 1. The molecule has 160 valence electrons. The summed E-state index contributed by atoms with van der Waals surface area (Å²) in [6.07, 6.45) is 3.49. The number of carbonyl (C=O) groups excluding carboxylic acids is 1. The van der Waals surface area contributed by atoms with Crippen LogP contribution in [0.4, 0.5) is 0 Å². The molecule has 0 atom stereocenters. The Morgan fingerprint density at radius 2 is 1.94 bits per heavy atom. The minimum Gasteiger partial charge on any atom is -0.318 e. The number of amidine groups is 3. The van der Waals surface area contributed by atoms with Crippen molar-refractivity contribution in [3.8, 4) is 5.69 Å². The van der Waals surface area contributed by atoms with Gasteiger partial charge in [0, 0.05) is 23.3 Å². The van der Waals surface area contributed by atoms with E-state index in [0.29, 0.717) is 0 Å². The molecule has 0 unspecified atom stereocenters. The molecule has 0 aliphatic carbocycles. The molecule has 2 aromatic rings. The summed E-state index contributed by atoms with van der Waals surface area (Å²) in [7, 11) is -3.68. The van der Waals surface area contributed by atoms with E-state index in [4.69, 9.17) is 5.41 Å². The van der Waals surface area contributed by atoms with Crippen molar-refractivity contribution in [1.82, 2.24) is 9.47 Å². The maximum absolute atomic E-state index is 12.6. The van der Waals surface area contributed by atoms with E-state index >= 15 is 0 Å². The summed E-state index contributed by atoms with van der Waals surface area (Å²) in [5, 5.41) is 8.30. The lowest BCUT2D eigenvalue weighted by molar-refractivity contribution is -0.114. The van der Waals surface area contributed by atoms with Gasteiger partial charge in [-0.2, -0.15) is 9.39 Å². The summed E-state index contributed by atoms with van der Waals surface area (Å²) in [6.45, 7) is 6.03. The Labute approximate surface area is 185 Å². The lowest BCUT2D eigenvalue weighted by Gasteiger charge is -2.23. The van der Waals surface area contributed by atoms with Crippen molar-refractivity contribution < 1.29 is 13.2 Å². The molecule has 0 bridgehead atoms. The SMILES string of the molecule is CCc1ccccc1-n1c(C)cc(/C=C2/C(=N)N3C(=NC2=O)SN=C3S(C)(=O)=O)c1C. The molecule has 1 N–H and O–H groups in total. The highest BCUT2D eigenvalue weighted by Gasteiger charge is 2.41. The number of amides is 1. The fourth-order valence-corrected chi connectivity index (χ4v) is 5.57. The molecule has 1 amide bonds. The molecular formula is C21H21N5O3S2. The van der Waals surface area contributed by atoms with Crippen LogP contribution in [0.3, 0.4) is 0 Å². The first kappa shape index (κ1) is 21.3. The van der Waals surface area contributed by atoms with Crippen molar-refractivity contribution in [3.63, 3.8) is 0 Å². The van der Waals surface area contributed by atoms with Crippen LogP contribution in [0.15, 0.2) is 45.3 Å². The van der Waals surface area contributed by atoms with Crippen molar-refractivity contribution in [3.05, 3.63) is 58.4 Å². The highest BCUT2D eigenvalue weighted by Crippen LogP contribution is 2.31. The van der Waals surface area contributed by atoms with Gasteiger partial charge in [0.2, 0.25) is 20.2 Å². The monoisotopic (exact) mass is 455 g/mol. The summed E-state index contributed by atoms with van der Waals surface area (Å²) < 4.78 is 30.1. The summed E-state index contributed by atoms with van der Waals surface area (Å²) in [5.74, 6) is -0.838. The van der Waals surface area contributed by atoms with E-state index < -0.39 is 15.7 Å². The average molecular weight is 456 g/mol. The van der Waals surface area contributed by atoms with E-state index in [9.17, 15) is 13.2 Å². The molecular weight excluding hydrogens is 434 g/mol. The molecule has 0 radical (unpaired) electrons. The van der Waals surface area contributed by atoms with E-state index in [-0.39, 0.29) is 21.7 Å². The number of aliphatic imine (C=N–C) groups is 1. The predicted molar refractivity (Wildman–Crippen MR) is 124 cm³/mol. The van der Waals surface area contributed by atoms with Gasteiger partial charge in [0.1, 0.15) is 5.84 Å². The zero-order chi connectivity index (χ0) is 22.5. The Morgan fingerprint density at radius 3 is 2.61 bits per heavy atom. The first-order valence-corrected chi connectivity index (χ1v) is 12.3. The molecule has 0 fully saturated rings. The summed E-state index contributed by atoms with van der Waals surface area (Å²) in [4.78, 5) is 17.7. The van der Waals surface area contributed by atoms with Gasteiger partial charge in [0.05, 0.1) is 17.5 Å². The summed E-state index contributed by atoms with van der Waals surface area (Å²) in [6, 6.07) is 10.1. The Bertz CT molecular complexity index is 1330. The van der Waals surface area contributed by atoms with E-state index in [1.165, 1.54) is 5.56 Å². The zero-order valence-corrected chi connectivity index (χ0v) is 19.1. The molecule has 0 saturated heterocycles. The number of fused-ring (bicyclic) bond motifs is 1. The molecule has 4 rings (SSSR count). The third-order valence-electron chi connectivity index (χ3n) is 5.21. The van der Waals surface area contributed by atoms with Gasteiger partial charge in [-0.3, -0.25) is 10.2 Å². The first-order chi connectivity index (χ1) is 14.6. The third-order valence-corrected chi connectivity index (χ3v) is 6.96. The number of nitrogens with one attached hydrogen (secondary N) is 1. The fourth-order valence-electron chi connectivity index (χ4n) is 3.73. The maximum atomic E-state index is 12.6. The maximum Gasteiger partial charge on any atom is 0.283 e. The molecule has 0 spiro atoms. The lowest BCUT2D eigenvalue weighted by atomic mass is 10.1. The van der Waals surface area contributed by atoms with E-state index in [0.717, 1.165) is 52.2 Å². The molecule has 8 nitrogen and oxygen atoms in total. The molecule has 10 heteroatoms. The van der Waals surface area contributed by atoms with Crippen LogP contribution in [-0.4, -0.2) is 46.2 Å². The molecule has 3 heterocycles. The van der Waals surface area contributed by atoms with Crippen LogP contribution in [0, 0.1) is 19.3 Å². The van der Waals surface area contributed by atoms with Crippen molar-refractivity contribution in [2.75, 3.05) is 6.26 Å². The number of hydrogen-bond acceptors (Lipinski definition) is 6. The zero-order valence-electron chi connectivity index (χ0n) is 17.5. The van der Waals surface area contributed by atoms with E-state index in [1.54, 1.807) is 6.08 Å². The minimum atomic E-state index is -3.68. The van der Waals surface area contributed by atoms with Crippen LogP contribution in [0.1, 0.15) is 29.4 Å². The second-order valence-electron chi connectivity index (χ2n) is 7.32. The number of nitrogens with zero attached hydrogens (tertiary/aromatic N) is 4. The fraction of sp³-hybridized carbons (Fsp3) is 0.238. The number of sulfone groups is 1. The van der Waals surface area contributed by atoms with E-state index in [1.807, 2.05) is 32.0 Å². The number of rotatable bonds is 3. The topological polar surface area (TPSA) is 108 Å². The van der Waals surface area contributed by atoms with Crippen LogP contribution in [0.5, 0.6) is 0 Å². The first-order valence-electron chi connectivity index (χ1n) is 9.59. The second kappa shape index (κ2) is 7.61. The standard InChI is InChI=1S/C21H21N5O3S2/c1-5-14-8-6-7-9-17(14)25-12(2)10-15(13(25)3)11-16-18(22)26-20(23-19(16)27)30-24-21(26)31(4,28)29/h6-11,22H,5H2,1-4H3/b16-11-,22-18?. The highest BCUT2D eigenvalue weighted by atomic mass is 32.2. The Balaban J connectivity index is 1.81. The number of carbonyl (C=O) groups is 1. The van der Waals surface area contributed by atoms with Crippen LogP contribution in [0.25, 0.3) is 11.8 Å².